The minimum Gasteiger partial charge on any atom is -0.493 e. The number of ether oxygens (including phenoxy) is 2. The number of β-amino-alcohol motifs (C(OH)–C–C–N with tert-alkyl or cyclic N) is 1. The van der Waals surface area contributed by atoms with Crippen LogP contribution in [0.25, 0.3) is 0 Å². The van der Waals surface area contributed by atoms with E-state index >= 15 is 0 Å². The third kappa shape index (κ3) is 5.60. The fourth-order valence-corrected chi connectivity index (χ4v) is 2.77. The molecular formula is C18H27N3O5. The van der Waals surface area contributed by atoms with Crippen molar-refractivity contribution in [2.24, 2.45) is 0 Å². The number of carbonyl (C=O) groups excluding carboxylic acids is 2. The maximum atomic E-state index is 12.1. The zero-order valence-electron chi connectivity index (χ0n) is 15.5. The van der Waals surface area contributed by atoms with Gasteiger partial charge in [-0.15, -0.1) is 0 Å². The molecule has 1 aliphatic heterocycles. The van der Waals surface area contributed by atoms with Crippen LogP contribution >= 0.6 is 0 Å². The van der Waals surface area contributed by atoms with Crippen molar-refractivity contribution in [2.45, 2.75) is 18.6 Å². The molecule has 0 radical (unpaired) electrons. The number of piperidine rings is 1. The molecule has 1 aromatic rings. The molecule has 26 heavy (non-hydrogen) atoms. The number of para-hydroxylation sites is 2. The largest absolute Gasteiger partial charge is 0.493 e. The summed E-state index contributed by atoms with van der Waals surface area (Å²) < 4.78 is 10.7. The topological polar surface area (TPSA) is 91.3 Å². The Hall–Kier alpha value is -2.32. The van der Waals surface area contributed by atoms with Crippen molar-refractivity contribution in [1.29, 1.82) is 0 Å². The molecule has 0 spiro atoms. The van der Waals surface area contributed by atoms with Crippen LogP contribution in [0.2, 0.25) is 0 Å². The summed E-state index contributed by atoms with van der Waals surface area (Å²) in [4.78, 5) is 27.3. The van der Waals surface area contributed by atoms with Crippen molar-refractivity contribution in [1.82, 2.24) is 15.1 Å². The Labute approximate surface area is 153 Å². The fourth-order valence-electron chi connectivity index (χ4n) is 2.77. The molecule has 2 amide bonds. The van der Waals surface area contributed by atoms with Crippen LogP contribution in [0.1, 0.15) is 6.42 Å². The molecule has 1 aliphatic rings. The van der Waals surface area contributed by atoms with Gasteiger partial charge in [0.05, 0.1) is 25.8 Å². The van der Waals surface area contributed by atoms with E-state index in [9.17, 15) is 14.7 Å². The van der Waals surface area contributed by atoms with E-state index in [-0.39, 0.29) is 31.0 Å². The lowest BCUT2D eigenvalue weighted by atomic mass is 10.0. The number of aliphatic hydroxyl groups is 1. The monoisotopic (exact) mass is 365 g/mol. The SMILES string of the molecule is COc1ccccc1OCC(=O)N[C@@H]1CCN(CC(=O)N(C)C)C[C@H]1O. The Kier molecular flexibility index (Phi) is 7.23. The predicted octanol–water partition coefficient (Wildman–Crippen LogP) is -0.286. The molecule has 0 bridgehead atoms. The second-order valence-electron chi connectivity index (χ2n) is 6.49. The van der Waals surface area contributed by atoms with Gasteiger partial charge in [-0.3, -0.25) is 14.5 Å². The number of hydrogen-bond acceptors (Lipinski definition) is 6. The van der Waals surface area contributed by atoms with Gasteiger partial charge in [0.1, 0.15) is 0 Å². The molecule has 0 aromatic heterocycles. The van der Waals surface area contributed by atoms with Crippen molar-refractivity contribution in [3.63, 3.8) is 0 Å². The molecule has 2 atom stereocenters. The van der Waals surface area contributed by atoms with E-state index in [0.717, 1.165) is 0 Å². The van der Waals surface area contributed by atoms with E-state index in [1.807, 2.05) is 11.0 Å². The molecule has 1 saturated heterocycles. The standard InChI is InChI=1S/C18H27N3O5/c1-20(2)18(24)11-21-9-8-13(14(22)10-21)19-17(23)12-26-16-7-5-4-6-15(16)25-3/h4-7,13-14,22H,8-12H2,1-3H3,(H,19,23)/t13-,14-/m1/s1. The van der Waals surface area contributed by atoms with Gasteiger partial charge in [-0.2, -0.15) is 0 Å². The number of nitrogens with zero attached hydrogens (tertiary/aromatic N) is 2. The summed E-state index contributed by atoms with van der Waals surface area (Å²) in [6.45, 7) is 1.08. The molecular weight excluding hydrogens is 338 g/mol. The number of methoxy groups -OCH3 is 1. The first kappa shape index (κ1) is 20.0. The van der Waals surface area contributed by atoms with Gasteiger partial charge in [-0.05, 0) is 18.6 Å². The number of likely N-dealkylation sites (N-methyl/N-ethyl adjacent to an activating group) is 1. The van der Waals surface area contributed by atoms with Crippen LogP contribution in [0, 0.1) is 0 Å². The van der Waals surface area contributed by atoms with E-state index in [0.29, 0.717) is 31.0 Å². The maximum absolute atomic E-state index is 12.1. The molecule has 0 saturated carbocycles. The lowest BCUT2D eigenvalue weighted by molar-refractivity contribution is -0.131. The molecule has 2 rings (SSSR count). The van der Waals surface area contributed by atoms with Crippen molar-refractivity contribution in [2.75, 3.05) is 47.4 Å². The highest BCUT2D eigenvalue weighted by atomic mass is 16.5. The zero-order valence-corrected chi connectivity index (χ0v) is 15.5. The maximum Gasteiger partial charge on any atom is 0.258 e. The minimum atomic E-state index is -0.728. The highest BCUT2D eigenvalue weighted by Crippen LogP contribution is 2.25. The normalized spacial score (nSPS) is 20.3. The molecule has 1 aromatic carbocycles. The zero-order chi connectivity index (χ0) is 19.1. The number of likely N-dealkylation sites (tertiary alicyclic amines) is 1. The quantitative estimate of drug-likeness (QED) is 0.690. The molecule has 1 heterocycles. The molecule has 0 unspecified atom stereocenters. The van der Waals surface area contributed by atoms with E-state index in [1.165, 1.54) is 12.0 Å². The molecule has 2 N–H and O–H groups in total. The van der Waals surface area contributed by atoms with Gasteiger partial charge in [-0.25, -0.2) is 0 Å². The van der Waals surface area contributed by atoms with E-state index < -0.39 is 6.10 Å². The number of benzene rings is 1. The summed E-state index contributed by atoms with van der Waals surface area (Å²) in [5, 5.41) is 13.1. The lowest BCUT2D eigenvalue weighted by Crippen LogP contribution is -2.56. The Morgan fingerprint density at radius 2 is 2.00 bits per heavy atom. The Bertz CT molecular complexity index is 623. The Morgan fingerprint density at radius 1 is 1.31 bits per heavy atom. The van der Waals surface area contributed by atoms with Gasteiger partial charge in [0.25, 0.3) is 5.91 Å². The molecule has 1 fully saturated rings. The summed E-state index contributed by atoms with van der Waals surface area (Å²) >= 11 is 0. The van der Waals surface area contributed by atoms with Gasteiger partial charge >= 0.3 is 0 Å². The van der Waals surface area contributed by atoms with Gasteiger partial charge in [0, 0.05) is 27.2 Å². The van der Waals surface area contributed by atoms with Gasteiger partial charge < -0.3 is 24.8 Å². The number of hydrogen-bond donors (Lipinski definition) is 2. The predicted molar refractivity (Wildman–Crippen MR) is 96.2 cm³/mol. The van der Waals surface area contributed by atoms with Gasteiger partial charge in [-0.1, -0.05) is 12.1 Å². The van der Waals surface area contributed by atoms with Gasteiger partial charge in [0.15, 0.2) is 18.1 Å². The molecule has 144 valence electrons. The second-order valence-corrected chi connectivity index (χ2v) is 6.49. The fraction of sp³-hybridized carbons (Fsp3) is 0.556. The molecule has 8 nitrogen and oxygen atoms in total. The Balaban J connectivity index is 1.78. The first-order chi connectivity index (χ1) is 12.4. The highest BCUT2D eigenvalue weighted by molar-refractivity contribution is 5.78. The van der Waals surface area contributed by atoms with E-state index in [2.05, 4.69) is 5.32 Å². The van der Waals surface area contributed by atoms with Crippen molar-refractivity contribution in [3.8, 4) is 11.5 Å². The van der Waals surface area contributed by atoms with E-state index in [1.54, 1.807) is 32.3 Å². The minimum absolute atomic E-state index is 0.00936. The van der Waals surface area contributed by atoms with Crippen LogP contribution in [0.5, 0.6) is 11.5 Å². The third-order valence-corrected chi connectivity index (χ3v) is 4.30. The van der Waals surface area contributed by atoms with Crippen LogP contribution in [0.3, 0.4) is 0 Å². The number of carbonyl (C=O) groups is 2. The van der Waals surface area contributed by atoms with Crippen LogP contribution in [0.15, 0.2) is 24.3 Å². The average Bonchev–Trinajstić information content (AvgIpc) is 2.62. The number of rotatable bonds is 7. The lowest BCUT2D eigenvalue weighted by Gasteiger charge is -2.36. The summed E-state index contributed by atoms with van der Waals surface area (Å²) in [6.07, 6.45) is -0.156. The summed E-state index contributed by atoms with van der Waals surface area (Å²) in [5.74, 6) is 0.726. The molecule has 8 heteroatoms. The first-order valence-corrected chi connectivity index (χ1v) is 8.56. The van der Waals surface area contributed by atoms with E-state index in [4.69, 9.17) is 9.47 Å². The van der Waals surface area contributed by atoms with Gasteiger partial charge in [0.2, 0.25) is 5.91 Å². The van der Waals surface area contributed by atoms with Crippen LogP contribution in [-0.4, -0.2) is 86.3 Å². The Morgan fingerprint density at radius 3 is 2.62 bits per heavy atom. The number of amides is 2. The summed E-state index contributed by atoms with van der Waals surface area (Å²) in [5.41, 5.74) is 0. The van der Waals surface area contributed by atoms with Crippen molar-refractivity contribution >= 4 is 11.8 Å². The number of aliphatic hydroxyl groups excluding tert-OH is 1. The number of nitrogens with one attached hydrogen (secondary N) is 1. The first-order valence-electron chi connectivity index (χ1n) is 8.56. The van der Waals surface area contributed by atoms with Crippen LogP contribution in [0.4, 0.5) is 0 Å². The van der Waals surface area contributed by atoms with Crippen LogP contribution < -0.4 is 14.8 Å². The highest BCUT2D eigenvalue weighted by Gasteiger charge is 2.30. The average molecular weight is 365 g/mol. The van der Waals surface area contributed by atoms with Crippen molar-refractivity contribution in [3.05, 3.63) is 24.3 Å². The smallest absolute Gasteiger partial charge is 0.258 e. The summed E-state index contributed by atoms with van der Waals surface area (Å²) in [6, 6.07) is 6.74. The second kappa shape index (κ2) is 9.40. The summed E-state index contributed by atoms with van der Waals surface area (Å²) in [7, 11) is 4.94. The van der Waals surface area contributed by atoms with Crippen LogP contribution in [-0.2, 0) is 9.59 Å². The van der Waals surface area contributed by atoms with Crippen molar-refractivity contribution < 1.29 is 24.2 Å². The third-order valence-electron chi connectivity index (χ3n) is 4.30. The molecule has 0 aliphatic carbocycles.